The van der Waals surface area contributed by atoms with Gasteiger partial charge in [0.15, 0.2) is 6.04 Å². The van der Waals surface area contributed by atoms with Crippen molar-refractivity contribution in [2.75, 3.05) is 0 Å². The molecule has 6 heteroatoms. The molecule has 2 N–H and O–H groups in total. The SMILES string of the molecule is Cc1ccc([C@H](C(=O)NC2CCCCC2)N(C(=O)Cc2c[nH]c3ccccc23)C2CC2)o1. The van der Waals surface area contributed by atoms with Crippen LogP contribution in [0, 0.1) is 6.92 Å². The van der Waals surface area contributed by atoms with E-state index in [1.165, 1.54) is 6.42 Å². The van der Waals surface area contributed by atoms with Crippen LogP contribution in [0.2, 0.25) is 0 Å². The molecule has 2 aliphatic carbocycles. The van der Waals surface area contributed by atoms with Gasteiger partial charge in [-0.3, -0.25) is 9.59 Å². The van der Waals surface area contributed by atoms with E-state index in [0.29, 0.717) is 5.76 Å². The highest BCUT2D eigenvalue weighted by Gasteiger charge is 2.43. The quantitative estimate of drug-likeness (QED) is 0.562. The molecule has 5 rings (SSSR count). The lowest BCUT2D eigenvalue weighted by molar-refractivity contribution is -0.142. The third-order valence-electron chi connectivity index (χ3n) is 6.75. The summed E-state index contributed by atoms with van der Waals surface area (Å²) in [5.74, 6) is 1.14. The summed E-state index contributed by atoms with van der Waals surface area (Å²) in [5, 5.41) is 4.28. The number of nitrogens with one attached hydrogen (secondary N) is 2. The first kappa shape index (κ1) is 20.9. The number of H-pyrrole nitrogens is 1. The van der Waals surface area contributed by atoms with Gasteiger partial charge in [0, 0.05) is 29.2 Å². The molecule has 0 aliphatic heterocycles. The summed E-state index contributed by atoms with van der Waals surface area (Å²) in [6.45, 7) is 1.87. The first-order valence-electron chi connectivity index (χ1n) is 11.8. The number of para-hydroxylation sites is 1. The molecule has 0 unspecified atom stereocenters. The molecule has 32 heavy (non-hydrogen) atoms. The van der Waals surface area contributed by atoms with E-state index in [2.05, 4.69) is 10.3 Å². The Morgan fingerprint density at radius 3 is 2.59 bits per heavy atom. The fraction of sp³-hybridized carbons (Fsp3) is 0.462. The number of nitrogens with zero attached hydrogens (tertiary/aromatic N) is 1. The van der Waals surface area contributed by atoms with Crippen molar-refractivity contribution in [1.82, 2.24) is 15.2 Å². The molecule has 0 saturated heterocycles. The number of furan rings is 1. The van der Waals surface area contributed by atoms with Gasteiger partial charge in [0.05, 0.1) is 6.42 Å². The van der Waals surface area contributed by atoms with Crippen LogP contribution in [0.4, 0.5) is 0 Å². The summed E-state index contributed by atoms with van der Waals surface area (Å²) in [6.07, 6.45) is 9.52. The molecule has 0 bridgehead atoms. The van der Waals surface area contributed by atoms with Crippen molar-refractivity contribution in [3.05, 3.63) is 59.7 Å². The predicted octanol–water partition coefficient (Wildman–Crippen LogP) is 4.79. The molecule has 2 fully saturated rings. The highest BCUT2D eigenvalue weighted by molar-refractivity contribution is 5.92. The van der Waals surface area contributed by atoms with Gasteiger partial charge in [0.25, 0.3) is 5.91 Å². The Labute approximate surface area is 188 Å². The lowest BCUT2D eigenvalue weighted by atomic mass is 9.95. The Bertz CT molecular complexity index is 1100. The van der Waals surface area contributed by atoms with Crippen LogP contribution in [-0.2, 0) is 16.0 Å². The number of aryl methyl sites for hydroxylation is 1. The van der Waals surface area contributed by atoms with Gasteiger partial charge in [-0.1, -0.05) is 37.5 Å². The summed E-state index contributed by atoms with van der Waals surface area (Å²) in [6, 6.07) is 11.2. The van der Waals surface area contributed by atoms with E-state index in [0.717, 1.165) is 60.8 Å². The van der Waals surface area contributed by atoms with Crippen molar-refractivity contribution in [2.45, 2.75) is 76.4 Å². The number of amides is 2. The standard InChI is InChI=1S/C26H31N3O3/c1-17-11-14-23(32-17)25(26(31)28-19-7-3-2-4-8-19)29(20-12-13-20)24(30)15-18-16-27-22-10-6-5-9-21(18)22/h5-6,9-11,14,16,19-20,25,27H,2-4,7-8,12-13,15H2,1H3,(H,28,31)/t25-/m1/s1. The number of benzene rings is 1. The third kappa shape index (κ3) is 4.31. The van der Waals surface area contributed by atoms with E-state index in [1.54, 1.807) is 4.90 Å². The second-order valence-electron chi connectivity index (χ2n) is 9.26. The van der Waals surface area contributed by atoms with Crippen LogP contribution in [0.15, 0.2) is 47.0 Å². The lowest BCUT2D eigenvalue weighted by Gasteiger charge is -2.32. The highest BCUT2D eigenvalue weighted by Crippen LogP contribution is 2.36. The Hall–Kier alpha value is -3.02. The Kier molecular flexibility index (Phi) is 5.77. The summed E-state index contributed by atoms with van der Waals surface area (Å²) < 4.78 is 5.91. The van der Waals surface area contributed by atoms with Crippen LogP contribution in [0.3, 0.4) is 0 Å². The maximum absolute atomic E-state index is 13.6. The minimum Gasteiger partial charge on any atom is -0.464 e. The molecule has 0 radical (unpaired) electrons. The van der Waals surface area contributed by atoms with Crippen LogP contribution in [0.25, 0.3) is 10.9 Å². The zero-order chi connectivity index (χ0) is 22.1. The molecular formula is C26H31N3O3. The van der Waals surface area contributed by atoms with E-state index < -0.39 is 6.04 Å². The zero-order valence-corrected chi connectivity index (χ0v) is 18.6. The maximum atomic E-state index is 13.6. The van der Waals surface area contributed by atoms with Gasteiger partial charge >= 0.3 is 0 Å². The molecule has 2 heterocycles. The first-order valence-corrected chi connectivity index (χ1v) is 11.8. The average molecular weight is 434 g/mol. The fourth-order valence-corrected chi connectivity index (χ4v) is 4.96. The molecule has 2 saturated carbocycles. The van der Waals surface area contributed by atoms with Crippen LogP contribution in [-0.4, -0.2) is 33.8 Å². The van der Waals surface area contributed by atoms with Crippen LogP contribution >= 0.6 is 0 Å². The number of hydrogen-bond donors (Lipinski definition) is 2. The largest absolute Gasteiger partial charge is 0.464 e. The van der Waals surface area contributed by atoms with Crippen molar-refractivity contribution < 1.29 is 14.0 Å². The van der Waals surface area contributed by atoms with Gasteiger partial charge in [0.2, 0.25) is 5.91 Å². The van der Waals surface area contributed by atoms with E-state index in [-0.39, 0.29) is 30.3 Å². The van der Waals surface area contributed by atoms with Crippen molar-refractivity contribution >= 4 is 22.7 Å². The lowest BCUT2D eigenvalue weighted by Crippen LogP contribution is -2.48. The van der Waals surface area contributed by atoms with E-state index >= 15 is 0 Å². The highest BCUT2D eigenvalue weighted by atomic mass is 16.3. The van der Waals surface area contributed by atoms with Gasteiger partial charge in [-0.25, -0.2) is 0 Å². The summed E-state index contributed by atoms with van der Waals surface area (Å²) >= 11 is 0. The second kappa shape index (κ2) is 8.85. The fourth-order valence-electron chi connectivity index (χ4n) is 4.96. The van der Waals surface area contributed by atoms with Gasteiger partial charge in [-0.15, -0.1) is 0 Å². The average Bonchev–Trinajstić information content (AvgIpc) is 3.42. The summed E-state index contributed by atoms with van der Waals surface area (Å²) in [7, 11) is 0. The molecule has 2 aliphatic rings. The third-order valence-corrected chi connectivity index (χ3v) is 6.75. The first-order chi connectivity index (χ1) is 15.6. The molecule has 1 aromatic carbocycles. The van der Waals surface area contributed by atoms with Crippen LogP contribution < -0.4 is 5.32 Å². The summed E-state index contributed by atoms with van der Waals surface area (Å²) in [4.78, 5) is 32.2. The molecule has 1 atom stereocenters. The van der Waals surface area contributed by atoms with Gasteiger partial charge < -0.3 is 19.6 Å². The van der Waals surface area contributed by atoms with E-state index in [4.69, 9.17) is 4.42 Å². The molecule has 0 spiro atoms. The number of aromatic nitrogens is 1. The minimum atomic E-state index is -0.726. The molecule has 3 aromatic rings. The minimum absolute atomic E-state index is 0.0323. The molecule has 2 amide bonds. The maximum Gasteiger partial charge on any atom is 0.250 e. The Morgan fingerprint density at radius 2 is 1.88 bits per heavy atom. The number of aromatic amines is 1. The number of hydrogen-bond acceptors (Lipinski definition) is 3. The molecule has 6 nitrogen and oxygen atoms in total. The number of carbonyl (C=O) groups excluding carboxylic acids is 2. The normalized spacial score (nSPS) is 17.9. The molecule has 2 aromatic heterocycles. The van der Waals surface area contributed by atoms with Crippen LogP contribution in [0.5, 0.6) is 0 Å². The number of rotatable bonds is 7. The predicted molar refractivity (Wildman–Crippen MR) is 123 cm³/mol. The Morgan fingerprint density at radius 1 is 1.09 bits per heavy atom. The van der Waals surface area contributed by atoms with Gasteiger partial charge in [-0.2, -0.15) is 0 Å². The van der Waals surface area contributed by atoms with Gasteiger partial charge in [0.1, 0.15) is 11.5 Å². The van der Waals surface area contributed by atoms with Crippen molar-refractivity contribution in [1.29, 1.82) is 0 Å². The van der Waals surface area contributed by atoms with E-state index in [9.17, 15) is 9.59 Å². The van der Waals surface area contributed by atoms with Crippen molar-refractivity contribution in [3.8, 4) is 0 Å². The zero-order valence-electron chi connectivity index (χ0n) is 18.6. The molecule has 168 valence electrons. The van der Waals surface area contributed by atoms with Crippen molar-refractivity contribution in [2.24, 2.45) is 0 Å². The molecular weight excluding hydrogens is 402 g/mol. The van der Waals surface area contributed by atoms with Crippen LogP contribution in [0.1, 0.15) is 68.1 Å². The smallest absolute Gasteiger partial charge is 0.250 e. The topological polar surface area (TPSA) is 78.3 Å². The van der Waals surface area contributed by atoms with Crippen molar-refractivity contribution in [3.63, 3.8) is 0 Å². The monoisotopic (exact) mass is 433 g/mol. The summed E-state index contributed by atoms with van der Waals surface area (Å²) in [5.41, 5.74) is 1.97. The number of fused-ring (bicyclic) bond motifs is 1. The van der Waals surface area contributed by atoms with E-state index in [1.807, 2.05) is 49.5 Å². The second-order valence-corrected chi connectivity index (χ2v) is 9.26. The Balaban J connectivity index is 1.43. The number of carbonyl (C=O) groups is 2. The van der Waals surface area contributed by atoms with Gasteiger partial charge in [-0.05, 0) is 56.4 Å².